The number of aryl methyl sites for hydroxylation is 1. The van der Waals surface area contributed by atoms with Crippen LogP contribution in [0.1, 0.15) is 30.0 Å². The molecule has 2 heteroatoms. The maximum Gasteiger partial charge on any atom is 0.0696 e. The highest BCUT2D eigenvalue weighted by Gasteiger charge is 2.20. The van der Waals surface area contributed by atoms with Crippen molar-refractivity contribution in [3.63, 3.8) is 0 Å². The number of piperidine rings is 1. The van der Waals surface area contributed by atoms with Crippen LogP contribution in [0.3, 0.4) is 0 Å². The molecule has 0 spiro atoms. The van der Waals surface area contributed by atoms with Crippen LogP contribution in [0.15, 0.2) is 24.3 Å². The van der Waals surface area contributed by atoms with Crippen LogP contribution < -0.4 is 5.32 Å². The first kappa shape index (κ1) is 10.7. The molecule has 82 valence electrons. The number of methoxy groups -OCH3 is 1. The third-order valence-electron chi connectivity index (χ3n) is 3.18. The lowest BCUT2D eigenvalue weighted by molar-refractivity contribution is 0.0705. The predicted octanol–water partition coefficient (Wildman–Crippen LogP) is 2.43. The Morgan fingerprint density at radius 1 is 1.20 bits per heavy atom. The molecule has 2 atom stereocenters. The van der Waals surface area contributed by atoms with E-state index in [1.54, 1.807) is 7.11 Å². The van der Waals surface area contributed by atoms with Gasteiger partial charge in [-0.3, -0.25) is 0 Å². The topological polar surface area (TPSA) is 21.3 Å². The Morgan fingerprint density at radius 2 is 1.93 bits per heavy atom. The van der Waals surface area contributed by atoms with Gasteiger partial charge in [0.25, 0.3) is 0 Å². The van der Waals surface area contributed by atoms with Crippen LogP contribution in [-0.2, 0) is 4.74 Å². The zero-order valence-electron chi connectivity index (χ0n) is 9.49. The molecule has 2 nitrogen and oxygen atoms in total. The molecule has 15 heavy (non-hydrogen) atoms. The summed E-state index contributed by atoms with van der Waals surface area (Å²) >= 11 is 0. The summed E-state index contributed by atoms with van der Waals surface area (Å²) in [5, 5.41) is 3.53. The lowest BCUT2D eigenvalue weighted by Gasteiger charge is -2.29. The summed E-state index contributed by atoms with van der Waals surface area (Å²) in [5.41, 5.74) is 2.72. The second kappa shape index (κ2) is 4.77. The molecule has 0 bridgehead atoms. The highest BCUT2D eigenvalue weighted by Crippen LogP contribution is 2.24. The van der Waals surface area contributed by atoms with Crippen LogP contribution in [-0.4, -0.2) is 19.8 Å². The molecular formula is C13H19NO. The highest BCUT2D eigenvalue weighted by atomic mass is 16.5. The van der Waals surface area contributed by atoms with E-state index in [0.29, 0.717) is 12.1 Å². The van der Waals surface area contributed by atoms with Crippen molar-refractivity contribution in [2.75, 3.05) is 13.7 Å². The zero-order valence-corrected chi connectivity index (χ0v) is 9.49. The average molecular weight is 205 g/mol. The van der Waals surface area contributed by atoms with Crippen molar-refractivity contribution in [1.82, 2.24) is 5.32 Å². The monoisotopic (exact) mass is 205 g/mol. The molecular weight excluding hydrogens is 186 g/mol. The quantitative estimate of drug-likeness (QED) is 0.800. The van der Waals surface area contributed by atoms with Gasteiger partial charge < -0.3 is 10.1 Å². The Labute approximate surface area is 91.6 Å². The summed E-state index contributed by atoms with van der Waals surface area (Å²) in [7, 11) is 1.79. The van der Waals surface area contributed by atoms with Crippen molar-refractivity contribution in [3.05, 3.63) is 35.4 Å². The summed E-state index contributed by atoms with van der Waals surface area (Å²) in [4.78, 5) is 0. The molecule has 1 fully saturated rings. The maximum absolute atomic E-state index is 5.33. The highest BCUT2D eigenvalue weighted by molar-refractivity contribution is 5.24. The van der Waals surface area contributed by atoms with Gasteiger partial charge in [-0.05, 0) is 25.3 Å². The largest absolute Gasteiger partial charge is 0.380 e. The van der Waals surface area contributed by atoms with E-state index in [1.165, 1.54) is 17.5 Å². The molecule has 0 saturated carbocycles. The van der Waals surface area contributed by atoms with Crippen LogP contribution in [0.5, 0.6) is 0 Å². The second-order valence-corrected chi connectivity index (χ2v) is 4.31. The predicted molar refractivity (Wildman–Crippen MR) is 62.0 cm³/mol. The standard InChI is InChI=1S/C13H19NO/c1-10-3-5-11(6-4-10)13-8-7-12(15-2)9-14-13/h3-6,12-14H,7-9H2,1-2H3. The molecule has 2 rings (SSSR count). The van der Waals surface area contributed by atoms with Gasteiger partial charge in [0, 0.05) is 19.7 Å². The SMILES string of the molecule is COC1CCC(c2ccc(C)cc2)NC1. The Hall–Kier alpha value is -0.860. The third-order valence-corrected chi connectivity index (χ3v) is 3.18. The number of rotatable bonds is 2. The normalized spacial score (nSPS) is 26.5. The van der Waals surface area contributed by atoms with Crippen molar-refractivity contribution in [2.24, 2.45) is 0 Å². The number of benzene rings is 1. The van der Waals surface area contributed by atoms with Gasteiger partial charge in [-0.1, -0.05) is 29.8 Å². The summed E-state index contributed by atoms with van der Waals surface area (Å²) in [6.07, 6.45) is 2.72. The van der Waals surface area contributed by atoms with E-state index < -0.39 is 0 Å². The maximum atomic E-state index is 5.33. The fourth-order valence-electron chi connectivity index (χ4n) is 2.11. The second-order valence-electron chi connectivity index (χ2n) is 4.31. The van der Waals surface area contributed by atoms with Gasteiger partial charge in [0.2, 0.25) is 0 Å². The van der Waals surface area contributed by atoms with E-state index in [2.05, 4.69) is 36.5 Å². The van der Waals surface area contributed by atoms with Gasteiger partial charge in [0.05, 0.1) is 6.10 Å². The van der Waals surface area contributed by atoms with Crippen molar-refractivity contribution in [2.45, 2.75) is 31.9 Å². The van der Waals surface area contributed by atoms with Crippen LogP contribution in [0.4, 0.5) is 0 Å². The van der Waals surface area contributed by atoms with E-state index in [4.69, 9.17) is 4.74 Å². The van der Waals surface area contributed by atoms with Gasteiger partial charge in [-0.15, -0.1) is 0 Å². The molecule has 1 aromatic carbocycles. The first-order chi connectivity index (χ1) is 7.29. The molecule has 0 radical (unpaired) electrons. The van der Waals surface area contributed by atoms with Gasteiger partial charge in [-0.25, -0.2) is 0 Å². The first-order valence-corrected chi connectivity index (χ1v) is 5.62. The smallest absolute Gasteiger partial charge is 0.0696 e. The van der Waals surface area contributed by atoms with Crippen LogP contribution in [0, 0.1) is 6.92 Å². The Kier molecular flexibility index (Phi) is 3.39. The Bertz CT molecular complexity index is 299. The molecule has 0 amide bonds. The van der Waals surface area contributed by atoms with Gasteiger partial charge in [0.15, 0.2) is 0 Å². The van der Waals surface area contributed by atoms with Crippen molar-refractivity contribution >= 4 is 0 Å². The lowest BCUT2D eigenvalue weighted by Crippen LogP contribution is -2.37. The molecule has 1 aliphatic rings. The first-order valence-electron chi connectivity index (χ1n) is 5.62. The minimum absolute atomic E-state index is 0.395. The average Bonchev–Trinajstić information content (AvgIpc) is 2.30. The van der Waals surface area contributed by atoms with Crippen molar-refractivity contribution in [1.29, 1.82) is 0 Å². The van der Waals surface area contributed by atoms with Gasteiger partial charge >= 0.3 is 0 Å². The van der Waals surface area contributed by atoms with Gasteiger partial charge in [-0.2, -0.15) is 0 Å². The van der Waals surface area contributed by atoms with Crippen LogP contribution in [0.25, 0.3) is 0 Å². The lowest BCUT2D eigenvalue weighted by atomic mass is 9.95. The number of ether oxygens (including phenoxy) is 1. The minimum Gasteiger partial charge on any atom is -0.380 e. The molecule has 1 aliphatic heterocycles. The molecule has 1 saturated heterocycles. The van der Waals surface area contributed by atoms with E-state index in [9.17, 15) is 0 Å². The zero-order chi connectivity index (χ0) is 10.7. The summed E-state index contributed by atoms with van der Waals surface area (Å²) in [6.45, 7) is 3.09. The van der Waals surface area contributed by atoms with Crippen LogP contribution >= 0.6 is 0 Å². The summed E-state index contributed by atoms with van der Waals surface area (Å²) < 4.78 is 5.33. The molecule has 2 unspecified atom stereocenters. The third kappa shape index (κ3) is 2.58. The molecule has 1 N–H and O–H groups in total. The number of hydrogen-bond acceptors (Lipinski definition) is 2. The Morgan fingerprint density at radius 3 is 2.47 bits per heavy atom. The minimum atomic E-state index is 0.395. The fraction of sp³-hybridized carbons (Fsp3) is 0.538. The number of nitrogens with one attached hydrogen (secondary N) is 1. The number of hydrogen-bond donors (Lipinski definition) is 1. The van der Waals surface area contributed by atoms with E-state index in [0.717, 1.165) is 13.0 Å². The van der Waals surface area contributed by atoms with Crippen molar-refractivity contribution < 1.29 is 4.74 Å². The van der Waals surface area contributed by atoms with Gasteiger partial charge in [0.1, 0.15) is 0 Å². The molecule has 1 aromatic rings. The fourth-order valence-corrected chi connectivity index (χ4v) is 2.11. The van der Waals surface area contributed by atoms with Crippen LogP contribution in [0.2, 0.25) is 0 Å². The Balaban J connectivity index is 1.98. The van der Waals surface area contributed by atoms with Crippen molar-refractivity contribution in [3.8, 4) is 0 Å². The molecule has 0 aliphatic carbocycles. The van der Waals surface area contributed by atoms with E-state index >= 15 is 0 Å². The van der Waals surface area contributed by atoms with E-state index in [-0.39, 0.29) is 0 Å². The molecule has 1 heterocycles. The van der Waals surface area contributed by atoms with E-state index in [1.807, 2.05) is 0 Å². The molecule has 0 aromatic heterocycles. The summed E-state index contributed by atoms with van der Waals surface area (Å²) in [6, 6.07) is 9.32. The summed E-state index contributed by atoms with van der Waals surface area (Å²) in [5.74, 6) is 0.